The molecule has 0 N–H and O–H groups in total. The van der Waals surface area contributed by atoms with E-state index >= 15 is 0 Å². The third kappa shape index (κ3) is 8.48. The molecule has 89 heavy (non-hydrogen) atoms. The average molecular weight is 1150 g/mol. The van der Waals surface area contributed by atoms with Crippen molar-refractivity contribution in [2.45, 2.75) is 85.5 Å². The first-order chi connectivity index (χ1) is 43.0. The van der Waals surface area contributed by atoms with Crippen molar-refractivity contribution in [3.05, 3.63) is 298 Å². The van der Waals surface area contributed by atoms with Crippen LogP contribution in [0, 0.1) is 27.7 Å². The summed E-state index contributed by atoms with van der Waals surface area (Å²) in [5.41, 5.74) is 30.2. The molecule has 0 unspecified atom stereocenters. The van der Waals surface area contributed by atoms with Gasteiger partial charge in [0.1, 0.15) is 22.3 Å². The molecule has 2 aliphatic carbocycles. The van der Waals surface area contributed by atoms with Gasteiger partial charge in [0.05, 0.1) is 27.6 Å². The number of rotatable bonds is 8. The lowest BCUT2D eigenvalue weighted by Crippen LogP contribution is -2.26. The number of hydrogen-bond donors (Lipinski definition) is 0. The molecule has 2 heterocycles. The van der Waals surface area contributed by atoms with E-state index in [4.69, 9.17) is 8.83 Å². The molecule has 0 fully saturated rings. The summed E-state index contributed by atoms with van der Waals surface area (Å²) in [5, 5.41) is 4.17. The van der Waals surface area contributed by atoms with Gasteiger partial charge in [-0.2, -0.15) is 0 Å². The average Bonchev–Trinajstić information content (AvgIpc) is 1.49. The first-order valence-corrected chi connectivity index (χ1v) is 31.4. The minimum absolute atomic E-state index is 0.0454. The van der Waals surface area contributed by atoms with E-state index in [1.807, 2.05) is 0 Å². The molecule has 12 aromatic carbocycles. The first-order valence-electron chi connectivity index (χ1n) is 31.4. The Balaban J connectivity index is 1.04. The van der Waals surface area contributed by atoms with Gasteiger partial charge in [0.15, 0.2) is 0 Å². The van der Waals surface area contributed by atoms with E-state index in [1.54, 1.807) is 0 Å². The van der Waals surface area contributed by atoms with Gasteiger partial charge in [-0.05, 0) is 178 Å². The minimum Gasteiger partial charge on any atom is -0.455 e. The number of furan rings is 2. The normalized spacial score (nSPS) is 13.1. The van der Waals surface area contributed by atoms with Gasteiger partial charge in [0.25, 0.3) is 0 Å². The number of aryl methyl sites for hydroxylation is 4. The third-order valence-electron chi connectivity index (χ3n) is 19.1. The highest BCUT2D eigenvalue weighted by atomic mass is 16.3. The molecule has 0 radical (unpaired) electrons. The molecule has 0 saturated heterocycles. The highest BCUT2D eigenvalue weighted by molar-refractivity contribution is 6.25. The zero-order chi connectivity index (χ0) is 60.8. The standard InChI is InChI=1S/C85H70N2O2/c1-51-43-52(2)46-57(45-51)55-27-35-61(36-28-55)86(63-39-31-59(32-40-63)83(5,6)7)73-49-71-79(81-77(73)67-21-13-17-25-75(67)88-81)80-72(85(71)69-23-15-11-19-65(69)66-20-12-16-24-70(66)85)50-74(78-68-22-14-18-26-76(68)89-82(78)80)87(64-41-33-60(34-42-64)84(8,9)10)62-37-29-56(30-38-62)58-47-53(3)44-54(4)48-58/h11-50H,1-10H3. The molecule has 0 aliphatic heterocycles. The number of benzene rings is 12. The molecule has 14 aromatic rings. The Hall–Kier alpha value is -10.2. The van der Waals surface area contributed by atoms with Crippen LogP contribution in [0.15, 0.2) is 251 Å². The minimum atomic E-state index is -0.856. The largest absolute Gasteiger partial charge is 0.455 e. The predicted molar refractivity (Wildman–Crippen MR) is 374 cm³/mol. The van der Waals surface area contributed by atoms with Crippen molar-refractivity contribution in [2.24, 2.45) is 0 Å². The van der Waals surface area contributed by atoms with Gasteiger partial charge >= 0.3 is 0 Å². The molecule has 0 amide bonds. The number of para-hydroxylation sites is 2. The third-order valence-corrected chi connectivity index (χ3v) is 19.1. The van der Waals surface area contributed by atoms with Crippen LogP contribution < -0.4 is 9.80 Å². The van der Waals surface area contributed by atoms with Gasteiger partial charge < -0.3 is 18.6 Å². The second-order valence-electron chi connectivity index (χ2n) is 27.2. The Labute approximate surface area is 522 Å². The Kier molecular flexibility index (Phi) is 12.2. The van der Waals surface area contributed by atoms with Gasteiger partial charge in [-0.25, -0.2) is 0 Å². The number of fused-ring (bicyclic) bond motifs is 18. The van der Waals surface area contributed by atoms with Crippen molar-refractivity contribution in [1.82, 2.24) is 0 Å². The zero-order valence-corrected chi connectivity index (χ0v) is 52.3. The second kappa shape index (κ2) is 19.9. The van der Waals surface area contributed by atoms with Crippen molar-refractivity contribution in [1.29, 1.82) is 0 Å². The van der Waals surface area contributed by atoms with E-state index in [-0.39, 0.29) is 10.8 Å². The van der Waals surface area contributed by atoms with E-state index in [9.17, 15) is 0 Å². The molecule has 2 aliphatic rings. The van der Waals surface area contributed by atoms with Crippen molar-refractivity contribution in [2.75, 3.05) is 9.80 Å². The Morgan fingerprint density at radius 1 is 0.315 bits per heavy atom. The smallest absolute Gasteiger partial charge is 0.145 e. The molecule has 432 valence electrons. The number of nitrogens with zero attached hydrogens (tertiary/aromatic N) is 2. The lowest BCUT2D eigenvalue weighted by molar-refractivity contribution is 0.590. The molecule has 1 spiro atoms. The van der Waals surface area contributed by atoms with E-state index in [2.05, 4.69) is 322 Å². The van der Waals surface area contributed by atoms with Crippen LogP contribution >= 0.6 is 0 Å². The molecule has 0 atom stereocenters. The summed E-state index contributed by atoms with van der Waals surface area (Å²) in [6.07, 6.45) is 0. The van der Waals surface area contributed by atoms with Crippen molar-refractivity contribution in [3.8, 4) is 44.5 Å². The lowest BCUT2D eigenvalue weighted by Gasteiger charge is -2.34. The van der Waals surface area contributed by atoms with E-state index in [1.165, 1.54) is 77.9 Å². The van der Waals surface area contributed by atoms with Gasteiger partial charge in [-0.1, -0.05) is 234 Å². The summed E-state index contributed by atoms with van der Waals surface area (Å²) in [7, 11) is 0. The molecule has 0 bridgehead atoms. The maximum Gasteiger partial charge on any atom is 0.145 e. The fourth-order valence-electron chi connectivity index (χ4n) is 15.1. The fourth-order valence-corrected chi connectivity index (χ4v) is 15.1. The van der Waals surface area contributed by atoms with E-state index in [0.29, 0.717) is 0 Å². The number of anilines is 6. The number of hydrogen-bond acceptors (Lipinski definition) is 4. The molecule has 16 rings (SSSR count). The van der Waals surface area contributed by atoms with Crippen LogP contribution in [-0.2, 0) is 16.2 Å². The van der Waals surface area contributed by atoms with E-state index < -0.39 is 5.41 Å². The summed E-state index contributed by atoms with van der Waals surface area (Å²) in [4.78, 5) is 4.97. The van der Waals surface area contributed by atoms with Crippen LogP contribution in [0.4, 0.5) is 34.1 Å². The predicted octanol–water partition coefficient (Wildman–Crippen LogP) is 23.9. The molecule has 2 aromatic heterocycles. The highest BCUT2D eigenvalue weighted by Crippen LogP contribution is 2.68. The zero-order valence-electron chi connectivity index (χ0n) is 52.3. The molecule has 4 heteroatoms. The van der Waals surface area contributed by atoms with Gasteiger partial charge in [-0.15, -0.1) is 0 Å². The quantitative estimate of drug-likeness (QED) is 0.152. The summed E-state index contributed by atoms with van der Waals surface area (Å²) in [6, 6.07) is 91.1. The topological polar surface area (TPSA) is 32.8 Å². The van der Waals surface area contributed by atoms with Gasteiger partial charge in [0.2, 0.25) is 0 Å². The Bertz CT molecular complexity index is 4810. The molecular weight excluding hydrogens is 1080 g/mol. The van der Waals surface area contributed by atoms with Crippen molar-refractivity contribution < 1.29 is 8.83 Å². The van der Waals surface area contributed by atoms with Crippen LogP contribution in [0.5, 0.6) is 0 Å². The lowest BCUT2D eigenvalue weighted by atomic mass is 9.70. The maximum absolute atomic E-state index is 7.62. The fraction of sp³-hybridized carbons (Fsp3) is 0.153. The highest BCUT2D eigenvalue weighted by Gasteiger charge is 2.55. The van der Waals surface area contributed by atoms with Crippen LogP contribution in [0.1, 0.15) is 97.2 Å². The van der Waals surface area contributed by atoms with Crippen LogP contribution in [0.2, 0.25) is 0 Å². The van der Waals surface area contributed by atoms with E-state index in [0.717, 1.165) is 100 Å². The van der Waals surface area contributed by atoms with Crippen molar-refractivity contribution in [3.63, 3.8) is 0 Å². The second-order valence-corrected chi connectivity index (χ2v) is 27.2. The van der Waals surface area contributed by atoms with Gasteiger partial charge in [-0.3, -0.25) is 0 Å². The van der Waals surface area contributed by atoms with Crippen LogP contribution in [-0.4, -0.2) is 0 Å². The Morgan fingerprint density at radius 3 is 1.00 bits per heavy atom. The molecular formula is C85H70N2O2. The first kappa shape index (κ1) is 54.2. The molecule has 4 nitrogen and oxygen atoms in total. The van der Waals surface area contributed by atoms with Crippen LogP contribution in [0.25, 0.3) is 88.4 Å². The monoisotopic (exact) mass is 1150 g/mol. The summed E-state index contributed by atoms with van der Waals surface area (Å²) in [6.45, 7) is 22.5. The van der Waals surface area contributed by atoms with Crippen molar-refractivity contribution >= 4 is 78.0 Å². The Morgan fingerprint density at radius 2 is 0.640 bits per heavy atom. The van der Waals surface area contributed by atoms with Crippen LogP contribution in [0.3, 0.4) is 0 Å². The SMILES string of the molecule is Cc1cc(C)cc(-c2ccc(N(c3ccc(C(C)(C)C)cc3)c3cc4c(c5oc6ccccc6c35)-c3c(cc(N(c5ccc(-c6cc(C)cc(C)c6)cc5)c5ccc(C(C)(C)C)cc5)c5c3oc3ccccc35)C43c4ccccc4-c4ccccc43)cc2)c1. The van der Waals surface area contributed by atoms with Gasteiger partial charge in [0, 0.05) is 44.6 Å². The summed E-state index contributed by atoms with van der Waals surface area (Å²) >= 11 is 0. The maximum atomic E-state index is 7.62. The molecule has 0 saturated carbocycles. The summed E-state index contributed by atoms with van der Waals surface area (Å²) < 4.78 is 15.2. The summed E-state index contributed by atoms with van der Waals surface area (Å²) in [5.74, 6) is 0.